The Bertz CT molecular complexity index is 791. The predicted octanol–water partition coefficient (Wildman–Crippen LogP) is 1.07. The first-order chi connectivity index (χ1) is 12.6. The molecule has 0 amide bonds. The van der Waals surface area contributed by atoms with Gasteiger partial charge in [0.2, 0.25) is 0 Å². The lowest BCUT2D eigenvalue weighted by atomic mass is 10.1. The molecule has 0 aliphatic carbocycles. The van der Waals surface area contributed by atoms with Crippen LogP contribution in [0.25, 0.3) is 5.65 Å². The lowest BCUT2D eigenvalue weighted by molar-refractivity contribution is -0.0723. The lowest BCUT2D eigenvalue weighted by Crippen LogP contribution is -2.50. The first-order valence-corrected chi connectivity index (χ1v) is 9.76. The highest BCUT2D eigenvalue weighted by Crippen LogP contribution is 2.20. The van der Waals surface area contributed by atoms with Crippen LogP contribution in [0.2, 0.25) is 0 Å². The molecule has 4 heterocycles. The van der Waals surface area contributed by atoms with Crippen LogP contribution in [0, 0.1) is 0 Å². The van der Waals surface area contributed by atoms with E-state index in [-0.39, 0.29) is 5.69 Å². The number of rotatable bonds is 5. The third-order valence-corrected chi connectivity index (χ3v) is 5.55. The molecule has 0 saturated carbocycles. The highest BCUT2D eigenvalue weighted by Gasteiger charge is 2.29. The molecule has 26 heavy (non-hydrogen) atoms. The van der Waals surface area contributed by atoms with Crippen LogP contribution in [0.4, 0.5) is 0 Å². The number of aromatic nitrogens is 3. The number of likely N-dealkylation sites (tertiary alicyclic amines) is 1. The van der Waals surface area contributed by atoms with Crippen LogP contribution in [-0.4, -0.2) is 75.0 Å². The molecule has 2 fully saturated rings. The van der Waals surface area contributed by atoms with Gasteiger partial charge in [-0.3, -0.25) is 14.2 Å². The first-order valence-electron chi connectivity index (χ1n) is 9.76. The van der Waals surface area contributed by atoms with Crippen LogP contribution in [0.3, 0.4) is 0 Å². The van der Waals surface area contributed by atoms with E-state index in [1.54, 1.807) is 15.3 Å². The fourth-order valence-electron chi connectivity index (χ4n) is 4.46. The van der Waals surface area contributed by atoms with Gasteiger partial charge in [-0.15, -0.1) is 5.10 Å². The van der Waals surface area contributed by atoms with Crippen molar-refractivity contribution in [3.8, 4) is 0 Å². The van der Waals surface area contributed by atoms with Gasteiger partial charge in [-0.05, 0) is 45.4 Å². The van der Waals surface area contributed by atoms with Gasteiger partial charge in [-0.2, -0.15) is 0 Å². The van der Waals surface area contributed by atoms with E-state index in [9.17, 15) is 4.79 Å². The van der Waals surface area contributed by atoms with Gasteiger partial charge in [0.15, 0.2) is 5.65 Å². The van der Waals surface area contributed by atoms with Gasteiger partial charge < -0.3 is 4.74 Å². The van der Waals surface area contributed by atoms with E-state index in [4.69, 9.17) is 4.74 Å². The molecule has 2 aromatic rings. The van der Waals surface area contributed by atoms with Crippen molar-refractivity contribution >= 4 is 5.65 Å². The molecule has 0 spiro atoms. The molecule has 4 rings (SSSR count). The van der Waals surface area contributed by atoms with Crippen LogP contribution < -0.4 is 5.69 Å². The van der Waals surface area contributed by atoms with Crippen molar-refractivity contribution in [2.24, 2.45) is 0 Å². The summed E-state index contributed by atoms with van der Waals surface area (Å²) in [4.78, 5) is 17.5. The summed E-state index contributed by atoms with van der Waals surface area (Å²) in [6.07, 6.45) is 4.87. The van der Waals surface area contributed by atoms with E-state index >= 15 is 0 Å². The molecule has 2 aliphatic heterocycles. The zero-order valence-corrected chi connectivity index (χ0v) is 15.8. The minimum Gasteiger partial charge on any atom is -0.373 e. The number of fused-ring (bicyclic) bond motifs is 1. The van der Waals surface area contributed by atoms with Crippen molar-refractivity contribution in [2.75, 3.05) is 32.7 Å². The second-order valence-corrected chi connectivity index (χ2v) is 7.74. The molecule has 0 N–H and O–H groups in total. The summed E-state index contributed by atoms with van der Waals surface area (Å²) in [5, 5.41) is 4.45. The van der Waals surface area contributed by atoms with Crippen molar-refractivity contribution in [2.45, 2.75) is 51.5 Å². The molecule has 3 unspecified atom stereocenters. The molecule has 0 radical (unpaired) electrons. The molecular weight excluding hydrogens is 330 g/mol. The molecule has 142 valence electrons. The van der Waals surface area contributed by atoms with Crippen molar-refractivity contribution < 1.29 is 4.74 Å². The van der Waals surface area contributed by atoms with Crippen molar-refractivity contribution in [1.82, 2.24) is 24.0 Å². The number of ether oxygens (including phenoxy) is 1. The maximum absolute atomic E-state index is 12.4. The van der Waals surface area contributed by atoms with E-state index in [0.29, 0.717) is 30.4 Å². The molecule has 2 aromatic heterocycles. The van der Waals surface area contributed by atoms with Crippen LogP contribution >= 0.6 is 0 Å². The zero-order chi connectivity index (χ0) is 18.1. The normalized spacial score (nSPS) is 28.2. The predicted molar refractivity (Wildman–Crippen MR) is 100 cm³/mol. The number of pyridine rings is 1. The van der Waals surface area contributed by atoms with Crippen LogP contribution in [0.5, 0.6) is 0 Å². The molecular formula is C19H29N5O2. The minimum absolute atomic E-state index is 0.0489. The third kappa shape index (κ3) is 3.70. The van der Waals surface area contributed by atoms with Gasteiger partial charge >= 0.3 is 5.69 Å². The summed E-state index contributed by atoms with van der Waals surface area (Å²) in [5.41, 5.74) is 0.666. The zero-order valence-electron chi connectivity index (χ0n) is 15.8. The molecule has 2 saturated heterocycles. The average molecular weight is 359 g/mol. The Hall–Kier alpha value is -1.70. The van der Waals surface area contributed by atoms with Gasteiger partial charge in [0, 0.05) is 38.4 Å². The Labute approximate surface area is 154 Å². The molecule has 7 nitrogen and oxygen atoms in total. The van der Waals surface area contributed by atoms with E-state index in [1.165, 1.54) is 12.8 Å². The van der Waals surface area contributed by atoms with E-state index < -0.39 is 0 Å². The largest absolute Gasteiger partial charge is 0.373 e. The van der Waals surface area contributed by atoms with Gasteiger partial charge in [0.1, 0.15) is 0 Å². The van der Waals surface area contributed by atoms with E-state index in [1.807, 2.05) is 18.2 Å². The summed E-state index contributed by atoms with van der Waals surface area (Å²) in [5.74, 6) is 0. The summed E-state index contributed by atoms with van der Waals surface area (Å²) in [6, 6.07) is 6.21. The second kappa shape index (κ2) is 7.50. The van der Waals surface area contributed by atoms with Crippen LogP contribution in [-0.2, 0) is 11.3 Å². The summed E-state index contributed by atoms with van der Waals surface area (Å²) < 4.78 is 9.06. The molecule has 7 heteroatoms. The highest BCUT2D eigenvalue weighted by molar-refractivity contribution is 5.35. The Morgan fingerprint density at radius 2 is 2.00 bits per heavy atom. The number of hydrogen-bond donors (Lipinski definition) is 0. The number of nitrogens with zero attached hydrogens (tertiary/aromatic N) is 5. The molecule has 0 aromatic carbocycles. The summed E-state index contributed by atoms with van der Waals surface area (Å²) >= 11 is 0. The Morgan fingerprint density at radius 1 is 1.19 bits per heavy atom. The van der Waals surface area contributed by atoms with E-state index in [0.717, 1.165) is 32.7 Å². The van der Waals surface area contributed by atoms with Gasteiger partial charge in [-0.25, -0.2) is 9.48 Å². The first kappa shape index (κ1) is 17.7. The average Bonchev–Trinajstić information content (AvgIpc) is 3.17. The molecule has 2 aliphatic rings. The number of hydrogen-bond acceptors (Lipinski definition) is 5. The van der Waals surface area contributed by atoms with Crippen molar-refractivity contribution in [3.05, 3.63) is 34.9 Å². The van der Waals surface area contributed by atoms with Crippen molar-refractivity contribution in [1.29, 1.82) is 0 Å². The fraction of sp³-hybridized carbons (Fsp3) is 0.684. The monoisotopic (exact) mass is 359 g/mol. The summed E-state index contributed by atoms with van der Waals surface area (Å²) in [7, 11) is 0. The molecule has 0 bridgehead atoms. The van der Waals surface area contributed by atoms with Gasteiger partial charge in [0.05, 0.1) is 18.8 Å². The molecule has 3 atom stereocenters. The standard InChI is InChI=1S/C19H29N5O2/c1-15-12-21(13-16(2)26-15)14-17-6-5-8-22(17)10-11-24-19(25)23-9-4-3-7-18(23)20-24/h3-4,7,9,15-17H,5-6,8,10-14H2,1-2H3. The van der Waals surface area contributed by atoms with Crippen LogP contribution in [0.15, 0.2) is 29.2 Å². The Kier molecular flexibility index (Phi) is 5.11. The quantitative estimate of drug-likeness (QED) is 0.799. The maximum atomic E-state index is 12.4. The van der Waals surface area contributed by atoms with Gasteiger partial charge in [-0.1, -0.05) is 6.07 Å². The second-order valence-electron chi connectivity index (χ2n) is 7.74. The lowest BCUT2D eigenvalue weighted by Gasteiger charge is -2.38. The van der Waals surface area contributed by atoms with Crippen molar-refractivity contribution in [3.63, 3.8) is 0 Å². The topological polar surface area (TPSA) is 55.0 Å². The SMILES string of the molecule is CC1CN(CC2CCCN2CCn2nc3ccccn3c2=O)CC(C)O1. The third-order valence-electron chi connectivity index (χ3n) is 5.55. The Morgan fingerprint density at radius 3 is 2.77 bits per heavy atom. The Balaban J connectivity index is 1.37. The minimum atomic E-state index is -0.0489. The fourth-order valence-corrected chi connectivity index (χ4v) is 4.46. The highest BCUT2D eigenvalue weighted by atomic mass is 16.5. The van der Waals surface area contributed by atoms with E-state index in [2.05, 4.69) is 28.7 Å². The smallest absolute Gasteiger partial charge is 0.350 e. The van der Waals surface area contributed by atoms with Gasteiger partial charge in [0.25, 0.3) is 0 Å². The van der Waals surface area contributed by atoms with Crippen LogP contribution in [0.1, 0.15) is 26.7 Å². The summed E-state index contributed by atoms with van der Waals surface area (Å²) in [6.45, 7) is 10.1. The number of morpholine rings is 1. The maximum Gasteiger partial charge on any atom is 0.350 e.